The van der Waals surface area contributed by atoms with E-state index in [2.05, 4.69) is 39.8 Å². The second kappa shape index (κ2) is 7.02. The van der Waals surface area contributed by atoms with Gasteiger partial charge in [-0.3, -0.25) is 0 Å². The van der Waals surface area contributed by atoms with E-state index in [0.29, 0.717) is 0 Å². The van der Waals surface area contributed by atoms with Gasteiger partial charge in [-0.25, -0.2) is 0 Å². The molecular formula is C18H26Hf. The first-order valence-corrected chi connectivity index (χ1v) is 11.3. The first-order chi connectivity index (χ1) is 9.17. The molecule has 0 nitrogen and oxygen atoms in total. The number of hydrogen-bond acceptors (Lipinski definition) is 0. The molecule has 0 spiro atoms. The molecule has 0 N–H and O–H groups in total. The first kappa shape index (κ1) is 15.2. The third kappa shape index (κ3) is 3.48. The van der Waals surface area contributed by atoms with Gasteiger partial charge in [0.05, 0.1) is 0 Å². The summed E-state index contributed by atoms with van der Waals surface area (Å²) in [5.41, 5.74) is 6.78. The molecule has 0 saturated heterocycles. The van der Waals surface area contributed by atoms with Gasteiger partial charge in [0, 0.05) is 0 Å². The van der Waals surface area contributed by atoms with Crippen molar-refractivity contribution in [1.82, 2.24) is 0 Å². The Hall–Kier alpha value is -0.170. The van der Waals surface area contributed by atoms with Crippen LogP contribution in [0.2, 0.25) is 0 Å². The summed E-state index contributed by atoms with van der Waals surface area (Å²) < 4.78 is 3.57. The van der Waals surface area contributed by atoms with Crippen LogP contribution in [0.4, 0.5) is 0 Å². The van der Waals surface area contributed by atoms with E-state index in [1.807, 2.05) is 0 Å². The van der Waals surface area contributed by atoms with Gasteiger partial charge in [0.1, 0.15) is 0 Å². The molecule has 0 amide bonds. The van der Waals surface area contributed by atoms with E-state index in [1.165, 1.54) is 38.5 Å². The predicted molar refractivity (Wildman–Crippen MR) is 80.6 cm³/mol. The molecule has 0 saturated carbocycles. The van der Waals surface area contributed by atoms with Crippen LogP contribution in [-0.2, 0) is 22.9 Å². The van der Waals surface area contributed by atoms with Crippen molar-refractivity contribution in [3.05, 3.63) is 41.1 Å². The van der Waals surface area contributed by atoms with E-state index in [0.717, 1.165) is 0 Å². The van der Waals surface area contributed by atoms with Gasteiger partial charge in [0.15, 0.2) is 0 Å². The average Bonchev–Trinajstić information content (AvgIpc) is 2.90. The van der Waals surface area contributed by atoms with Gasteiger partial charge in [-0.15, -0.1) is 0 Å². The zero-order chi connectivity index (χ0) is 13.8. The molecule has 2 aliphatic rings. The van der Waals surface area contributed by atoms with Crippen LogP contribution in [0.3, 0.4) is 0 Å². The van der Waals surface area contributed by atoms with Crippen molar-refractivity contribution in [2.45, 2.75) is 66.2 Å². The number of rotatable bonds is 6. The van der Waals surface area contributed by atoms with Crippen molar-refractivity contribution in [2.75, 3.05) is 0 Å². The molecule has 2 rings (SSSR count). The van der Waals surface area contributed by atoms with Gasteiger partial charge < -0.3 is 0 Å². The standard InChI is InChI=1S/2C9H13.Hf/c2*1-3-5-9-7-4-6-8(9)2;/h2*4H,3,5,7H2,1-2H3;. The summed E-state index contributed by atoms with van der Waals surface area (Å²) in [6.45, 7) is 9.34. The molecule has 0 unspecified atom stereocenters. The number of allylic oxidation sites excluding steroid dienone is 8. The van der Waals surface area contributed by atoms with Crippen LogP contribution in [-0.4, -0.2) is 0 Å². The Kier molecular flexibility index (Phi) is 5.62. The molecule has 102 valence electrons. The van der Waals surface area contributed by atoms with Crippen LogP contribution in [0, 0.1) is 0 Å². The molecule has 0 fully saturated rings. The van der Waals surface area contributed by atoms with Crippen molar-refractivity contribution in [3.8, 4) is 0 Å². The van der Waals surface area contributed by atoms with Crippen LogP contribution < -0.4 is 0 Å². The Morgan fingerprint density at radius 2 is 1.26 bits per heavy atom. The Labute approximate surface area is 130 Å². The Morgan fingerprint density at radius 3 is 1.63 bits per heavy atom. The minimum atomic E-state index is -0.776. The summed E-state index contributed by atoms with van der Waals surface area (Å²) in [7, 11) is 0. The zero-order valence-corrected chi connectivity index (χ0v) is 16.5. The molecule has 0 radical (unpaired) electrons. The van der Waals surface area contributed by atoms with Crippen molar-refractivity contribution in [1.29, 1.82) is 0 Å². The van der Waals surface area contributed by atoms with Gasteiger partial charge in [-0.2, -0.15) is 0 Å². The quantitative estimate of drug-likeness (QED) is 0.471. The molecule has 0 aromatic heterocycles. The van der Waals surface area contributed by atoms with Crippen LogP contribution in [0.15, 0.2) is 41.1 Å². The Bertz CT molecular complexity index is 428. The summed E-state index contributed by atoms with van der Waals surface area (Å²) in [6.07, 6.45) is 12.8. The molecule has 0 bridgehead atoms. The van der Waals surface area contributed by atoms with E-state index >= 15 is 0 Å². The molecular weight excluding hydrogens is 395 g/mol. The van der Waals surface area contributed by atoms with Gasteiger partial charge >= 0.3 is 130 Å². The number of hydrogen-bond donors (Lipinski definition) is 0. The van der Waals surface area contributed by atoms with Gasteiger partial charge in [0.25, 0.3) is 0 Å². The molecule has 2 aliphatic carbocycles. The average molecular weight is 421 g/mol. The third-order valence-corrected chi connectivity index (χ3v) is 10.4. The molecule has 0 aromatic rings. The maximum atomic E-state index is 2.55. The molecule has 0 heterocycles. The fourth-order valence-electron chi connectivity index (χ4n) is 3.06. The molecule has 0 aliphatic heterocycles. The predicted octanol–water partition coefficient (Wildman–Crippen LogP) is 5.88. The fraction of sp³-hybridized carbons (Fsp3) is 0.556. The van der Waals surface area contributed by atoms with Crippen molar-refractivity contribution >= 4 is 0 Å². The second-order valence-corrected chi connectivity index (χ2v) is 10.5. The summed E-state index contributed by atoms with van der Waals surface area (Å²) >= 11 is -0.776. The van der Waals surface area contributed by atoms with E-state index in [9.17, 15) is 0 Å². The summed E-state index contributed by atoms with van der Waals surface area (Å²) in [6, 6.07) is 0. The monoisotopic (exact) mass is 422 g/mol. The van der Waals surface area contributed by atoms with Crippen molar-refractivity contribution in [2.24, 2.45) is 0 Å². The Balaban J connectivity index is 2.04. The van der Waals surface area contributed by atoms with Gasteiger partial charge in [0.2, 0.25) is 0 Å². The van der Waals surface area contributed by atoms with Gasteiger partial charge in [-0.05, 0) is 0 Å². The summed E-state index contributed by atoms with van der Waals surface area (Å²) in [4.78, 5) is 0. The molecule has 0 atom stereocenters. The molecule has 1 heteroatoms. The van der Waals surface area contributed by atoms with E-state index < -0.39 is 22.9 Å². The van der Waals surface area contributed by atoms with Crippen molar-refractivity contribution < 1.29 is 22.9 Å². The summed E-state index contributed by atoms with van der Waals surface area (Å²) in [5.74, 6) is 0. The van der Waals surface area contributed by atoms with Crippen LogP contribution in [0.25, 0.3) is 0 Å². The van der Waals surface area contributed by atoms with Crippen molar-refractivity contribution in [3.63, 3.8) is 0 Å². The van der Waals surface area contributed by atoms with Crippen LogP contribution in [0.1, 0.15) is 66.2 Å². The normalized spacial score (nSPS) is 19.2. The third-order valence-electron chi connectivity index (χ3n) is 4.35. The SMILES string of the molecule is CCCC1=C(C)[C]([Hf][C]2=CCC(CCC)=C2C)=CC1. The van der Waals surface area contributed by atoms with E-state index in [1.54, 1.807) is 29.0 Å². The molecule has 0 aromatic carbocycles. The zero-order valence-electron chi connectivity index (χ0n) is 12.9. The Morgan fingerprint density at radius 1 is 0.842 bits per heavy atom. The van der Waals surface area contributed by atoms with Crippen LogP contribution >= 0.6 is 0 Å². The summed E-state index contributed by atoms with van der Waals surface area (Å²) in [5, 5.41) is 0. The topological polar surface area (TPSA) is 0 Å². The van der Waals surface area contributed by atoms with E-state index in [-0.39, 0.29) is 0 Å². The second-order valence-electron chi connectivity index (χ2n) is 5.73. The van der Waals surface area contributed by atoms with Crippen LogP contribution in [0.5, 0.6) is 0 Å². The van der Waals surface area contributed by atoms with Gasteiger partial charge in [-0.1, -0.05) is 0 Å². The maximum absolute atomic E-state index is 2.55. The van der Waals surface area contributed by atoms with E-state index in [4.69, 9.17) is 0 Å². The first-order valence-electron chi connectivity index (χ1n) is 7.72. The fourth-order valence-corrected chi connectivity index (χ4v) is 8.19. The molecule has 19 heavy (non-hydrogen) atoms. The minimum absolute atomic E-state index is 0.776.